The fourth-order valence-corrected chi connectivity index (χ4v) is 1.61. The monoisotopic (exact) mass is 242 g/mol. The van der Waals surface area contributed by atoms with E-state index in [4.69, 9.17) is 5.84 Å². The summed E-state index contributed by atoms with van der Waals surface area (Å²) < 4.78 is 1.09. The minimum Gasteiger partial charge on any atom is -0.271 e. The summed E-state index contributed by atoms with van der Waals surface area (Å²) in [5, 5.41) is 0. The standard InChI is InChI=1S/C10H15BrN2/c1-7(2)10(13-12)8-3-5-9(11)6-4-8/h3-7,10,13H,12H2,1-2H3. The third kappa shape index (κ3) is 2.79. The Morgan fingerprint density at radius 3 is 2.15 bits per heavy atom. The number of hydrogen-bond donors (Lipinski definition) is 2. The van der Waals surface area contributed by atoms with E-state index in [0.717, 1.165) is 4.47 Å². The predicted octanol–water partition coefficient (Wildman–Crippen LogP) is 2.61. The molecule has 1 unspecified atom stereocenters. The summed E-state index contributed by atoms with van der Waals surface area (Å²) in [6.07, 6.45) is 0. The van der Waals surface area contributed by atoms with Gasteiger partial charge >= 0.3 is 0 Å². The third-order valence-electron chi connectivity index (χ3n) is 2.08. The van der Waals surface area contributed by atoms with Gasteiger partial charge < -0.3 is 0 Å². The van der Waals surface area contributed by atoms with Gasteiger partial charge in [0.15, 0.2) is 0 Å². The molecule has 0 aliphatic carbocycles. The first-order chi connectivity index (χ1) is 6.15. The van der Waals surface area contributed by atoms with Crippen molar-refractivity contribution in [2.24, 2.45) is 11.8 Å². The second-order valence-corrected chi connectivity index (χ2v) is 4.36. The van der Waals surface area contributed by atoms with Crippen molar-refractivity contribution in [3.8, 4) is 0 Å². The fourth-order valence-electron chi connectivity index (χ4n) is 1.34. The Bertz CT molecular complexity index is 256. The molecule has 13 heavy (non-hydrogen) atoms. The van der Waals surface area contributed by atoms with E-state index in [1.807, 2.05) is 12.1 Å². The second kappa shape index (κ2) is 4.74. The molecule has 1 aromatic rings. The average molecular weight is 243 g/mol. The highest BCUT2D eigenvalue weighted by Gasteiger charge is 2.12. The van der Waals surface area contributed by atoms with E-state index >= 15 is 0 Å². The normalized spacial score (nSPS) is 13.3. The number of rotatable bonds is 3. The molecule has 3 N–H and O–H groups in total. The zero-order valence-corrected chi connectivity index (χ0v) is 9.51. The Morgan fingerprint density at radius 1 is 1.23 bits per heavy atom. The molecule has 0 spiro atoms. The topological polar surface area (TPSA) is 38.0 Å². The molecule has 0 aliphatic rings. The molecule has 1 atom stereocenters. The molecule has 1 aromatic carbocycles. The van der Waals surface area contributed by atoms with E-state index in [1.165, 1.54) is 5.56 Å². The van der Waals surface area contributed by atoms with Crippen molar-refractivity contribution in [2.45, 2.75) is 19.9 Å². The number of hydrazine groups is 1. The van der Waals surface area contributed by atoms with Gasteiger partial charge in [0.2, 0.25) is 0 Å². The van der Waals surface area contributed by atoms with E-state index in [2.05, 4.69) is 47.3 Å². The van der Waals surface area contributed by atoms with E-state index in [1.54, 1.807) is 0 Å². The smallest absolute Gasteiger partial charge is 0.0482 e. The zero-order chi connectivity index (χ0) is 9.84. The van der Waals surface area contributed by atoms with Gasteiger partial charge in [-0.2, -0.15) is 0 Å². The van der Waals surface area contributed by atoms with Crippen LogP contribution in [0.4, 0.5) is 0 Å². The molecular weight excluding hydrogens is 228 g/mol. The van der Waals surface area contributed by atoms with Crippen LogP contribution in [0.1, 0.15) is 25.5 Å². The summed E-state index contributed by atoms with van der Waals surface area (Å²) in [4.78, 5) is 0. The molecule has 0 aliphatic heterocycles. The lowest BCUT2D eigenvalue weighted by atomic mass is 9.97. The van der Waals surface area contributed by atoms with Crippen molar-refractivity contribution in [2.75, 3.05) is 0 Å². The Hall–Kier alpha value is -0.380. The molecule has 0 saturated carbocycles. The first-order valence-electron chi connectivity index (χ1n) is 4.36. The summed E-state index contributed by atoms with van der Waals surface area (Å²) in [5.74, 6) is 5.97. The van der Waals surface area contributed by atoms with Gasteiger partial charge in [-0.1, -0.05) is 41.9 Å². The van der Waals surface area contributed by atoms with Crippen LogP contribution in [-0.4, -0.2) is 0 Å². The minimum absolute atomic E-state index is 0.230. The molecule has 0 radical (unpaired) electrons. The molecule has 72 valence electrons. The van der Waals surface area contributed by atoms with Gasteiger partial charge in [0, 0.05) is 10.5 Å². The molecule has 0 saturated heterocycles. The van der Waals surface area contributed by atoms with Crippen molar-refractivity contribution in [1.82, 2.24) is 5.43 Å². The van der Waals surface area contributed by atoms with Crippen molar-refractivity contribution in [1.29, 1.82) is 0 Å². The van der Waals surface area contributed by atoms with Crippen LogP contribution in [0.15, 0.2) is 28.7 Å². The summed E-state index contributed by atoms with van der Waals surface area (Å²) in [6, 6.07) is 8.45. The highest BCUT2D eigenvalue weighted by molar-refractivity contribution is 9.10. The van der Waals surface area contributed by atoms with Crippen LogP contribution < -0.4 is 11.3 Å². The summed E-state index contributed by atoms with van der Waals surface area (Å²) in [5.41, 5.74) is 4.04. The predicted molar refractivity (Wildman–Crippen MR) is 59.0 cm³/mol. The molecule has 0 aromatic heterocycles. The van der Waals surface area contributed by atoms with Gasteiger partial charge in [-0.05, 0) is 23.6 Å². The number of nitrogens with two attached hydrogens (primary N) is 1. The van der Waals surface area contributed by atoms with Crippen LogP contribution in [0.25, 0.3) is 0 Å². The van der Waals surface area contributed by atoms with Crippen LogP contribution in [0.3, 0.4) is 0 Å². The van der Waals surface area contributed by atoms with Gasteiger partial charge in [-0.15, -0.1) is 0 Å². The molecular formula is C10H15BrN2. The van der Waals surface area contributed by atoms with Crippen LogP contribution in [0.5, 0.6) is 0 Å². The SMILES string of the molecule is CC(C)C(NN)c1ccc(Br)cc1. The highest BCUT2D eigenvalue weighted by Crippen LogP contribution is 2.22. The first kappa shape index (κ1) is 10.7. The van der Waals surface area contributed by atoms with Crippen LogP contribution in [0.2, 0.25) is 0 Å². The molecule has 1 rings (SSSR count). The van der Waals surface area contributed by atoms with Crippen LogP contribution in [0, 0.1) is 5.92 Å². The van der Waals surface area contributed by atoms with Crippen molar-refractivity contribution >= 4 is 15.9 Å². The maximum atomic E-state index is 5.48. The van der Waals surface area contributed by atoms with Gasteiger partial charge in [-0.25, -0.2) is 0 Å². The maximum Gasteiger partial charge on any atom is 0.0482 e. The lowest BCUT2D eigenvalue weighted by Crippen LogP contribution is -2.31. The molecule has 0 fully saturated rings. The summed E-state index contributed by atoms with van der Waals surface area (Å²) in [6.45, 7) is 4.29. The quantitative estimate of drug-likeness (QED) is 0.632. The molecule has 3 heteroatoms. The third-order valence-corrected chi connectivity index (χ3v) is 2.60. The van der Waals surface area contributed by atoms with Gasteiger partial charge in [0.25, 0.3) is 0 Å². The van der Waals surface area contributed by atoms with Crippen molar-refractivity contribution in [3.63, 3.8) is 0 Å². The molecule has 0 heterocycles. The maximum absolute atomic E-state index is 5.48. The van der Waals surface area contributed by atoms with E-state index < -0.39 is 0 Å². The number of nitrogens with one attached hydrogen (secondary N) is 1. The second-order valence-electron chi connectivity index (χ2n) is 3.44. The van der Waals surface area contributed by atoms with E-state index in [9.17, 15) is 0 Å². The average Bonchev–Trinajstić information content (AvgIpc) is 2.09. The summed E-state index contributed by atoms with van der Waals surface area (Å²) in [7, 11) is 0. The fraction of sp³-hybridized carbons (Fsp3) is 0.400. The van der Waals surface area contributed by atoms with Gasteiger partial charge in [-0.3, -0.25) is 11.3 Å². The highest BCUT2D eigenvalue weighted by atomic mass is 79.9. The lowest BCUT2D eigenvalue weighted by Gasteiger charge is -2.20. The molecule has 0 amide bonds. The van der Waals surface area contributed by atoms with Gasteiger partial charge in [0.05, 0.1) is 0 Å². The Labute approximate surface area is 87.6 Å². The number of halogens is 1. The van der Waals surface area contributed by atoms with Gasteiger partial charge in [0.1, 0.15) is 0 Å². The Kier molecular flexibility index (Phi) is 3.90. The van der Waals surface area contributed by atoms with E-state index in [0.29, 0.717) is 5.92 Å². The van der Waals surface area contributed by atoms with E-state index in [-0.39, 0.29) is 6.04 Å². The Balaban J connectivity index is 2.86. The zero-order valence-electron chi connectivity index (χ0n) is 7.92. The molecule has 2 nitrogen and oxygen atoms in total. The number of benzene rings is 1. The molecule has 0 bridgehead atoms. The van der Waals surface area contributed by atoms with Crippen LogP contribution >= 0.6 is 15.9 Å². The largest absolute Gasteiger partial charge is 0.271 e. The van der Waals surface area contributed by atoms with Crippen molar-refractivity contribution in [3.05, 3.63) is 34.3 Å². The lowest BCUT2D eigenvalue weighted by molar-refractivity contribution is 0.421. The Morgan fingerprint density at radius 2 is 1.77 bits per heavy atom. The minimum atomic E-state index is 0.230. The first-order valence-corrected chi connectivity index (χ1v) is 5.16. The van der Waals surface area contributed by atoms with Crippen LogP contribution in [-0.2, 0) is 0 Å². The summed E-state index contributed by atoms with van der Waals surface area (Å²) >= 11 is 3.40. The van der Waals surface area contributed by atoms with Crippen molar-refractivity contribution < 1.29 is 0 Å². The number of hydrogen-bond acceptors (Lipinski definition) is 2.